The van der Waals surface area contributed by atoms with Crippen molar-refractivity contribution in [3.63, 3.8) is 0 Å². The van der Waals surface area contributed by atoms with Crippen LogP contribution in [0.4, 0.5) is 0 Å². The van der Waals surface area contributed by atoms with Crippen LogP contribution in [-0.2, 0) is 9.59 Å². The van der Waals surface area contributed by atoms with Gasteiger partial charge in [0.2, 0.25) is 5.91 Å². The Balaban J connectivity index is 1.85. The number of carbonyl (C=O) groups is 2. The fourth-order valence-electron chi connectivity index (χ4n) is 4.11. The van der Waals surface area contributed by atoms with Crippen LogP contribution >= 0.6 is 0 Å². The quantitative estimate of drug-likeness (QED) is 0.925. The number of amides is 1. The highest BCUT2D eigenvalue weighted by atomic mass is 16.2. The van der Waals surface area contributed by atoms with Gasteiger partial charge in [-0.1, -0.05) is 57.2 Å². The molecule has 3 atom stereocenters. The maximum atomic E-state index is 13.0. The lowest BCUT2D eigenvalue weighted by Gasteiger charge is -2.22. The molecule has 0 spiro atoms. The van der Waals surface area contributed by atoms with Crippen molar-refractivity contribution in [2.45, 2.75) is 40.2 Å². The first-order valence-electron chi connectivity index (χ1n) is 7.96. The van der Waals surface area contributed by atoms with Crippen LogP contribution in [0.25, 0.3) is 0 Å². The largest absolute Gasteiger partial charge is 0.349 e. The summed E-state index contributed by atoms with van der Waals surface area (Å²) in [5, 5.41) is 3.17. The molecule has 1 fully saturated rings. The SMILES string of the molecule is CC[C@H](NC(=O)[C@@]12C=C(C)C(=O)[C@@H]1C2(C)C)c1ccccc1. The highest BCUT2D eigenvalue weighted by Gasteiger charge is 2.79. The van der Waals surface area contributed by atoms with Gasteiger partial charge in [0.15, 0.2) is 5.78 Å². The maximum absolute atomic E-state index is 13.0. The predicted octanol–water partition coefficient (Wildman–Crippen LogP) is 3.43. The third-order valence-corrected chi connectivity index (χ3v) is 5.55. The van der Waals surface area contributed by atoms with Gasteiger partial charge in [0.1, 0.15) is 0 Å². The van der Waals surface area contributed by atoms with Crippen molar-refractivity contribution in [2.24, 2.45) is 16.7 Å². The highest BCUT2D eigenvalue weighted by molar-refractivity contribution is 6.12. The van der Waals surface area contributed by atoms with Gasteiger partial charge >= 0.3 is 0 Å². The molecule has 3 heteroatoms. The molecule has 0 bridgehead atoms. The van der Waals surface area contributed by atoms with Crippen LogP contribution in [0.2, 0.25) is 0 Å². The number of allylic oxidation sites excluding steroid dienone is 1. The third-order valence-electron chi connectivity index (χ3n) is 5.55. The zero-order valence-corrected chi connectivity index (χ0v) is 13.6. The number of benzene rings is 1. The number of nitrogens with one attached hydrogen (secondary N) is 1. The molecule has 0 unspecified atom stereocenters. The van der Waals surface area contributed by atoms with Crippen molar-refractivity contribution >= 4 is 11.7 Å². The van der Waals surface area contributed by atoms with E-state index in [1.807, 2.05) is 57.2 Å². The van der Waals surface area contributed by atoms with Crippen LogP contribution in [0.15, 0.2) is 42.0 Å². The molecule has 1 N–H and O–H groups in total. The minimum absolute atomic E-state index is 0.00969. The van der Waals surface area contributed by atoms with Gasteiger partial charge in [-0.05, 0) is 29.9 Å². The van der Waals surface area contributed by atoms with Crippen LogP contribution in [0.3, 0.4) is 0 Å². The van der Waals surface area contributed by atoms with Crippen LogP contribution in [0, 0.1) is 16.7 Å². The van der Waals surface area contributed by atoms with E-state index in [2.05, 4.69) is 12.2 Å². The van der Waals surface area contributed by atoms with Crippen LogP contribution < -0.4 is 5.32 Å². The molecule has 0 radical (unpaired) electrons. The van der Waals surface area contributed by atoms with Gasteiger partial charge in [-0.3, -0.25) is 9.59 Å². The maximum Gasteiger partial charge on any atom is 0.231 e. The van der Waals surface area contributed by atoms with Crippen molar-refractivity contribution in [3.8, 4) is 0 Å². The van der Waals surface area contributed by atoms with Crippen molar-refractivity contribution < 1.29 is 9.59 Å². The number of fused-ring (bicyclic) bond motifs is 1. The number of Topliss-reactive ketones (excluding diaryl/α,β-unsaturated/α-hetero) is 1. The summed E-state index contributed by atoms with van der Waals surface area (Å²) < 4.78 is 0. The molecule has 22 heavy (non-hydrogen) atoms. The summed E-state index contributed by atoms with van der Waals surface area (Å²) in [5.74, 6) is -0.0652. The first-order chi connectivity index (χ1) is 10.4. The van der Waals surface area contributed by atoms with E-state index < -0.39 is 5.41 Å². The summed E-state index contributed by atoms with van der Waals surface area (Å²) in [4.78, 5) is 25.2. The second-order valence-corrected chi connectivity index (χ2v) is 7.06. The van der Waals surface area contributed by atoms with Gasteiger partial charge in [0.25, 0.3) is 0 Å². The Morgan fingerprint density at radius 1 is 1.27 bits per heavy atom. The fraction of sp³-hybridized carbons (Fsp3) is 0.474. The minimum Gasteiger partial charge on any atom is -0.349 e. The Labute approximate surface area is 131 Å². The Kier molecular flexibility index (Phi) is 3.28. The average Bonchev–Trinajstić information content (AvgIpc) is 2.83. The zero-order valence-electron chi connectivity index (χ0n) is 13.6. The van der Waals surface area contributed by atoms with Crippen LogP contribution in [0.1, 0.15) is 45.7 Å². The van der Waals surface area contributed by atoms with E-state index in [1.165, 1.54) is 0 Å². The molecule has 0 aliphatic heterocycles. The van der Waals surface area contributed by atoms with Gasteiger partial charge in [-0.25, -0.2) is 0 Å². The molecule has 1 aromatic carbocycles. The Morgan fingerprint density at radius 2 is 1.91 bits per heavy atom. The van der Waals surface area contributed by atoms with E-state index in [1.54, 1.807) is 0 Å². The Hall–Kier alpha value is -1.90. The van der Waals surface area contributed by atoms with Crippen molar-refractivity contribution in [1.82, 2.24) is 5.32 Å². The first kappa shape index (κ1) is 15.0. The second-order valence-electron chi connectivity index (χ2n) is 7.06. The number of carbonyl (C=O) groups excluding carboxylic acids is 2. The molecule has 3 nitrogen and oxygen atoms in total. The van der Waals surface area contributed by atoms with Gasteiger partial charge in [-0.15, -0.1) is 0 Å². The number of rotatable bonds is 4. The van der Waals surface area contributed by atoms with Crippen LogP contribution in [-0.4, -0.2) is 11.7 Å². The lowest BCUT2D eigenvalue weighted by Crippen LogP contribution is -2.36. The molecular weight excluding hydrogens is 274 g/mol. The summed E-state index contributed by atoms with van der Waals surface area (Å²) >= 11 is 0. The summed E-state index contributed by atoms with van der Waals surface area (Å²) in [6.45, 7) is 7.91. The van der Waals surface area contributed by atoms with E-state index in [4.69, 9.17) is 0 Å². The number of hydrogen-bond donors (Lipinski definition) is 1. The van der Waals surface area contributed by atoms with Gasteiger partial charge in [-0.2, -0.15) is 0 Å². The fourth-order valence-corrected chi connectivity index (χ4v) is 4.11. The molecule has 1 saturated carbocycles. The van der Waals surface area contributed by atoms with Gasteiger partial charge in [0, 0.05) is 5.92 Å². The summed E-state index contributed by atoms with van der Waals surface area (Å²) in [7, 11) is 0. The molecule has 116 valence electrons. The molecule has 0 heterocycles. The molecule has 2 aliphatic carbocycles. The van der Waals surface area contributed by atoms with Gasteiger partial charge in [0.05, 0.1) is 11.5 Å². The topological polar surface area (TPSA) is 46.2 Å². The summed E-state index contributed by atoms with van der Waals surface area (Å²) in [6.07, 6.45) is 2.72. The Morgan fingerprint density at radius 3 is 2.45 bits per heavy atom. The molecule has 0 saturated heterocycles. The summed E-state index contributed by atoms with van der Waals surface area (Å²) in [5.41, 5.74) is 0.918. The molecule has 0 aromatic heterocycles. The van der Waals surface area contributed by atoms with E-state index in [9.17, 15) is 9.59 Å². The zero-order chi connectivity index (χ0) is 16.1. The third kappa shape index (κ3) is 1.81. The average molecular weight is 297 g/mol. The predicted molar refractivity (Wildman–Crippen MR) is 86.1 cm³/mol. The monoisotopic (exact) mass is 297 g/mol. The van der Waals surface area contributed by atoms with Crippen molar-refractivity contribution in [2.75, 3.05) is 0 Å². The minimum atomic E-state index is -0.642. The Bertz CT molecular complexity index is 659. The van der Waals surface area contributed by atoms with Crippen molar-refractivity contribution in [1.29, 1.82) is 0 Å². The van der Waals surface area contributed by atoms with E-state index >= 15 is 0 Å². The standard InChI is InChI=1S/C19H23NO2/c1-5-14(13-9-7-6-8-10-13)20-17(22)19-11-12(2)15(21)16(19)18(19,3)4/h6-11,14,16H,5H2,1-4H3,(H,20,22)/t14-,16+,19+/m0/s1. The normalized spacial score (nSPS) is 29.5. The number of hydrogen-bond acceptors (Lipinski definition) is 2. The van der Waals surface area contributed by atoms with Crippen molar-refractivity contribution in [3.05, 3.63) is 47.5 Å². The highest BCUT2D eigenvalue weighted by Crippen LogP contribution is 2.73. The lowest BCUT2D eigenvalue weighted by atomic mass is 9.91. The molecular formula is C19H23NO2. The smallest absolute Gasteiger partial charge is 0.231 e. The molecule has 1 amide bonds. The summed E-state index contributed by atoms with van der Waals surface area (Å²) in [6, 6.07) is 9.98. The van der Waals surface area contributed by atoms with E-state index in [0.29, 0.717) is 0 Å². The van der Waals surface area contributed by atoms with Crippen LogP contribution in [0.5, 0.6) is 0 Å². The lowest BCUT2D eigenvalue weighted by molar-refractivity contribution is -0.127. The van der Waals surface area contributed by atoms with E-state index in [0.717, 1.165) is 17.6 Å². The second kappa shape index (κ2) is 4.80. The molecule has 2 aliphatic rings. The van der Waals surface area contributed by atoms with Gasteiger partial charge < -0.3 is 5.32 Å². The first-order valence-corrected chi connectivity index (χ1v) is 7.96. The molecule has 1 aromatic rings. The molecule has 3 rings (SSSR count). The van der Waals surface area contributed by atoms with E-state index in [-0.39, 0.29) is 29.1 Å². The number of ketones is 1.